The Morgan fingerprint density at radius 1 is 1.41 bits per heavy atom. The van der Waals surface area contributed by atoms with E-state index in [9.17, 15) is 4.79 Å². The maximum atomic E-state index is 11.2. The molecule has 2 saturated heterocycles. The number of guanidine groups is 1. The smallest absolute Gasteiger partial charge is 0.220 e. The zero-order valence-corrected chi connectivity index (χ0v) is 19.3. The Balaban J connectivity index is 0.00000261. The van der Waals surface area contributed by atoms with E-state index in [0.717, 1.165) is 43.6 Å². The van der Waals surface area contributed by atoms with Crippen LogP contribution < -0.4 is 16.0 Å². The minimum absolute atomic E-state index is 0. The lowest BCUT2D eigenvalue weighted by Gasteiger charge is -2.32. The number of piperidine rings is 2. The molecule has 7 nitrogen and oxygen atoms in total. The van der Waals surface area contributed by atoms with Crippen LogP contribution >= 0.6 is 35.3 Å². The molecule has 1 amide bonds. The number of rotatable bonds is 5. The molecule has 2 fully saturated rings. The first kappa shape index (κ1) is 22.4. The maximum absolute atomic E-state index is 11.2. The molecule has 1 aromatic heterocycles. The molecule has 0 spiro atoms. The van der Waals surface area contributed by atoms with Gasteiger partial charge in [0.15, 0.2) is 5.96 Å². The normalized spacial score (nSPS) is 22.1. The Kier molecular flexibility index (Phi) is 9.24. The summed E-state index contributed by atoms with van der Waals surface area (Å²) in [5, 5.41) is 13.1. The van der Waals surface area contributed by atoms with Gasteiger partial charge in [-0.05, 0) is 45.2 Å². The number of aromatic nitrogens is 1. The molecule has 3 heterocycles. The zero-order valence-electron chi connectivity index (χ0n) is 16.2. The number of amides is 1. The Morgan fingerprint density at radius 2 is 2.19 bits per heavy atom. The first-order valence-electron chi connectivity index (χ1n) is 9.49. The molecular weight excluding hydrogens is 475 g/mol. The van der Waals surface area contributed by atoms with E-state index in [-0.39, 0.29) is 35.9 Å². The standard InChI is InChI=1S/C18H30N6OS.HI/c1-13-22-16(12-26-13)11-24-7-5-14(6-8-24)9-21-18(19-2)23-15-3-4-17(25)20-10-15;/h12,14-15H,3-11H2,1-2H3,(H,20,25)(H2,19,21,23);1H. The number of nitrogens with zero attached hydrogens (tertiary/aromatic N) is 3. The molecule has 0 radical (unpaired) electrons. The Labute approximate surface area is 182 Å². The number of thiazole rings is 1. The first-order valence-corrected chi connectivity index (χ1v) is 10.4. The number of aliphatic imine (C=N–C) groups is 1. The number of halogens is 1. The number of aryl methyl sites for hydroxylation is 1. The van der Waals surface area contributed by atoms with Crippen LogP contribution in [-0.2, 0) is 11.3 Å². The van der Waals surface area contributed by atoms with Crippen molar-refractivity contribution >= 4 is 47.2 Å². The van der Waals surface area contributed by atoms with Gasteiger partial charge in [0.25, 0.3) is 0 Å². The summed E-state index contributed by atoms with van der Waals surface area (Å²) < 4.78 is 0. The van der Waals surface area contributed by atoms with E-state index >= 15 is 0 Å². The number of likely N-dealkylation sites (tertiary alicyclic amines) is 1. The van der Waals surface area contributed by atoms with Crippen molar-refractivity contribution in [3.63, 3.8) is 0 Å². The van der Waals surface area contributed by atoms with E-state index in [1.54, 1.807) is 18.4 Å². The van der Waals surface area contributed by atoms with Crippen molar-refractivity contribution in [2.75, 3.05) is 33.2 Å². The van der Waals surface area contributed by atoms with Crippen LogP contribution in [-0.4, -0.2) is 61.0 Å². The SMILES string of the molecule is CN=C(NCC1CCN(Cc2csc(C)n2)CC1)NC1CCC(=O)NC1.I. The second-order valence-corrected chi connectivity index (χ2v) is 8.28. The molecule has 3 rings (SSSR count). The van der Waals surface area contributed by atoms with Crippen molar-refractivity contribution in [2.24, 2.45) is 10.9 Å². The second-order valence-electron chi connectivity index (χ2n) is 7.21. The van der Waals surface area contributed by atoms with E-state index in [2.05, 4.69) is 43.1 Å². The molecule has 1 atom stereocenters. The average Bonchev–Trinajstić information content (AvgIpc) is 3.06. The molecule has 152 valence electrons. The van der Waals surface area contributed by atoms with Crippen molar-refractivity contribution in [3.8, 4) is 0 Å². The molecule has 3 N–H and O–H groups in total. The predicted molar refractivity (Wildman–Crippen MR) is 121 cm³/mol. The summed E-state index contributed by atoms with van der Waals surface area (Å²) in [5.41, 5.74) is 1.20. The van der Waals surface area contributed by atoms with Gasteiger partial charge in [-0.1, -0.05) is 0 Å². The zero-order chi connectivity index (χ0) is 18.4. The third-order valence-corrected chi connectivity index (χ3v) is 5.97. The monoisotopic (exact) mass is 506 g/mol. The third-order valence-electron chi connectivity index (χ3n) is 5.15. The minimum Gasteiger partial charge on any atom is -0.356 e. The maximum Gasteiger partial charge on any atom is 0.220 e. The Bertz CT molecular complexity index is 619. The van der Waals surface area contributed by atoms with Crippen LogP contribution in [0, 0.1) is 12.8 Å². The predicted octanol–water partition coefficient (Wildman–Crippen LogP) is 1.73. The highest BCUT2D eigenvalue weighted by Crippen LogP contribution is 2.19. The fourth-order valence-corrected chi connectivity index (χ4v) is 4.15. The van der Waals surface area contributed by atoms with Crippen molar-refractivity contribution in [1.82, 2.24) is 25.8 Å². The molecule has 9 heteroatoms. The molecule has 0 aromatic carbocycles. The fourth-order valence-electron chi connectivity index (χ4n) is 3.54. The number of carbonyl (C=O) groups excluding carboxylic acids is 1. The third kappa shape index (κ3) is 7.19. The lowest BCUT2D eigenvalue weighted by atomic mass is 9.97. The molecule has 1 unspecified atom stereocenters. The van der Waals surface area contributed by atoms with Crippen molar-refractivity contribution in [3.05, 3.63) is 16.1 Å². The summed E-state index contributed by atoms with van der Waals surface area (Å²) in [4.78, 5) is 22.6. The van der Waals surface area contributed by atoms with E-state index in [1.807, 2.05) is 0 Å². The lowest BCUT2D eigenvalue weighted by molar-refractivity contribution is -0.122. The number of hydrogen-bond donors (Lipinski definition) is 3. The summed E-state index contributed by atoms with van der Waals surface area (Å²) in [7, 11) is 1.80. The van der Waals surface area contributed by atoms with Crippen LogP contribution in [0.2, 0.25) is 0 Å². The molecule has 0 aliphatic carbocycles. The van der Waals surface area contributed by atoms with Crippen LogP contribution in [0.3, 0.4) is 0 Å². The molecular formula is C18H31IN6OS. The van der Waals surface area contributed by atoms with Crippen LogP contribution in [0.15, 0.2) is 10.4 Å². The van der Waals surface area contributed by atoms with Crippen LogP contribution in [0.4, 0.5) is 0 Å². The Morgan fingerprint density at radius 3 is 2.78 bits per heavy atom. The van der Waals surface area contributed by atoms with Gasteiger partial charge in [0.05, 0.1) is 10.7 Å². The van der Waals surface area contributed by atoms with Gasteiger partial charge in [0.1, 0.15) is 0 Å². The summed E-state index contributed by atoms with van der Waals surface area (Å²) in [6.45, 7) is 6.92. The summed E-state index contributed by atoms with van der Waals surface area (Å²) >= 11 is 1.73. The molecule has 1 aromatic rings. The van der Waals surface area contributed by atoms with Gasteiger partial charge < -0.3 is 16.0 Å². The highest BCUT2D eigenvalue weighted by molar-refractivity contribution is 14.0. The average molecular weight is 506 g/mol. The van der Waals surface area contributed by atoms with Gasteiger partial charge in [-0.25, -0.2) is 4.98 Å². The summed E-state index contributed by atoms with van der Waals surface area (Å²) in [5.74, 6) is 1.66. The van der Waals surface area contributed by atoms with Crippen molar-refractivity contribution in [1.29, 1.82) is 0 Å². The fraction of sp³-hybridized carbons (Fsp3) is 0.722. The Hall–Kier alpha value is -0.940. The highest BCUT2D eigenvalue weighted by atomic mass is 127. The van der Waals surface area contributed by atoms with Crippen LogP contribution in [0.25, 0.3) is 0 Å². The summed E-state index contributed by atoms with van der Waals surface area (Å²) in [6.07, 6.45) is 3.85. The van der Waals surface area contributed by atoms with E-state index < -0.39 is 0 Å². The minimum atomic E-state index is 0. The quantitative estimate of drug-likeness (QED) is 0.322. The highest BCUT2D eigenvalue weighted by Gasteiger charge is 2.21. The van der Waals surface area contributed by atoms with Gasteiger partial charge in [-0.15, -0.1) is 35.3 Å². The first-order chi connectivity index (χ1) is 12.6. The van der Waals surface area contributed by atoms with Gasteiger partial charge in [-0.2, -0.15) is 0 Å². The molecule has 0 bridgehead atoms. The van der Waals surface area contributed by atoms with Crippen LogP contribution in [0.1, 0.15) is 36.4 Å². The van der Waals surface area contributed by atoms with Gasteiger partial charge >= 0.3 is 0 Å². The van der Waals surface area contributed by atoms with Crippen molar-refractivity contribution < 1.29 is 4.79 Å². The molecule has 0 saturated carbocycles. The van der Waals surface area contributed by atoms with Crippen LogP contribution in [0.5, 0.6) is 0 Å². The number of hydrogen-bond acceptors (Lipinski definition) is 5. The topological polar surface area (TPSA) is 81.7 Å². The van der Waals surface area contributed by atoms with E-state index in [0.29, 0.717) is 18.9 Å². The van der Waals surface area contributed by atoms with E-state index in [4.69, 9.17) is 0 Å². The molecule has 27 heavy (non-hydrogen) atoms. The largest absolute Gasteiger partial charge is 0.356 e. The van der Waals surface area contributed by atoms with Gasteiger partial charge in [-0.3, -0.25) is 14.7 Å². The summed E-state index contributed by atoms with van der Waals surface area (Å²) in [6, 6.07) is 0.266. The van der Waals surface area contributed by atoms with Gasteiger partial charge in [0, 0.05) is 44.5 Å². The number of carbonyl (C=O) groups is 1. The number of nitrogens with one attached hydrogen (secondary N) is 3. The molecule has 2 aliphatic heterocycles. The second kappa shape index (κ2) is 11.2. The van der Waals surface area contributed by atoms with Gasteiger partial charge in [0.2, 0.25) is 5.91 Å². The lowest BCUT2D eigenvalue weighted by Crippen LogP contribution is -2.52. The van der Waals surface area contributed by atoms with Crippen molar-refractivity contribution in [2.45, 2.75) is 45.2 Å². The van der Waals surface area contributed by atoms with E-state index in [1.165, 1.54) is 18.5 Å². The molecule has 2 aliphatic rings.